The van der Waals surface area contributed by atoms with Crippen molar-refractivity contribution in [1.82, 2.24) is 5.32 Å². The third-order valence-corrected chi connectivity index (χ3v) is 9.29. The predicted octanol–water partition coefficient (Wildman–Crippen LogP) is 11.0. The van der Waals surface area contributed by atoms with Crippen molar-refractivity contribution < 1.29 is 20.1 Å². The summed E-state index contributed by atoms with van der Waals surface area (Å²) in [5, 5.41) is 33.4. The van der Waals surface area contributed by atoms with Gasteiger partial charge in [-0.1, -0.05) is 173 Å². The van der Waals surface area contributed by atoms with E-state index in [0.29, 0.717) is 12.8 Å². The molecule has 0 aliphatic heterocycles. The summed E-state index contributed by atoms with van der Waals surface area (Å²) >= 11 is 0. The van der Waals surface area contributed by atoms with Gasteiger partial charge in [0.15, 0.2) is 0 Å². The number of carbonyl (C=O) groups is 1. The molecule has 0 spiro atoms. The van der Waals surface area contributed by atoms with E-state index < -0.39 is 18.2 Å². The van der Waals surface area contributed by atoms with Crippen molar-refractivity contribution in [2.45, 2.75) is 225 Å². The Morgan fingerprint density at radius 3 is 1.33 bits per heavy atom. The highest BCUT2D eigenvalue weighted by Gasteiger charge is 2.26. The molecule has 272 valence electrons. The zero-order chi connectivity index (χ0) is 33.8. The second kappa shape index (κ2) is 36.7. The Kier molecular flexibility index (Phi) is 35.7. The second-order valence-corrected chi connectivity index (χ2v) is 13.8. The third-order valence-electron chi connectivity index (χ3n) is 9.29. The molecule has 0 fully saturated rings. The highest BCUT2D eigenvalue weighted by molar-refractivity contribution is 5.76. The fourth-order valence-corrected chi connectivity index (χ4v) is 6.12. The molecule has 5 nitrogen and oxygen atoms in total. The lowest BCUT2D eigenvalue weighted by atomic mass is 10.0. The number of amides is 1. The molecule has 1 amide bonds. The summed E-state index contributed by atoms with van der Waals surface area (Å²) in [6, 6.07) is -0.827. The Balaban J connectivity index is 3.69. The van der Waals surface area contributed by atoms with Crippen LogP contribution in [0.1, 0.15) is 206 Å². The summed E-state index contributed by atoms with van der Waals surface area (Å²) < 4.78 is 0. The van der Waals surface area contributed by atoms with Gasteiger partial charge in [0.2, 0.25) is 5.91 Å². The van der Waals surface area contributed by atoms with Gasteiger partial charge >= 0.3 is 0 Å². The molecule has 0 saturated carbocycles. The number of nitrogens with one attached hydrogen (secondary N) is 1. The van der Waals surface area contributed by atoms with Crippen LogP contribution in [0.25, 0.3) is 0 Å². The van der Waals surface area contributed by atoms with Crippen molar-refractivity contribution in [3.63, 3.8) is 0 Å². The van der Waals surface area contributed by atoms with E-state index in [2.05, 4.69) is 43.5 Å². The molecule has 0 aliphatic rings. The van der Waals surface area contributed by atoms with Crippen molar-refractivity contribution in [2.75, 3.05) is 6.61 Å². The van der Waals surface area contributed by atoms with Crippen LogP contribution in [0.2, 0.25) is 0 Å². The van der Waals surface area contributed by atoms with Crippen molar-refractivity contribution in [1.29, 1.82) is 0 Å². The number of aliphatic hydroxyl groups excluding tert-OH is 3. The van der Waals surface area contributed by atoms with Crippen LogP contribution in [0.15, 0.2) is 24.3 Å². The second-order valence-electron chi connectivity index (χ2n) is 13.8. The number of hydrogen-bond donors (Lipinski definition) is 4. The smallest absolute Gasteiger partial charge is 0.220 e. The summed E-state index contributed by atoms with van der Waals surface area (Å²) in [6.45, 7) is 4.15. The van der Waals surface area contributed by atoms with Crippen LogP contribution < -0.4 is 5.32 Å². The molecule has 0 heterocycles. The minimum Gasteiger partial charge on any atom is -0.394 e. The highest BCUT2D eigenvalue weighted by atomic mass is 16.3. The molecule has 0 aliphatic carbocycles. The van der Waals surface area contributed by atoms with E-state index in [9.17, 15) is 20.1 Å². The Morgan fingerprint density at radius 2 is 0.891 bits per heavy atom. The van der Waals surface area contributed by atoms with Crippen LogP contribution in [0.5, 0.6) is 0 Å². The molecule has 0 aromatic carbocycles. The summed E-state index contributed by atoms with van der Waals surface area (Å²) in [4.78, 5) is 12.4. The largest absolute Gasteiger partial charge is 0.394 e. The molecule has 46 heavy (non-hydrogen) atoms. The lowest BCUT2D eigenvalue weighted by Gasteiger charge is -2.26. The monoisotopic (exact) mass is 650 g/mol. The van der Waals surface area contributed by atoms with E-state index in [1.165, 1.54) is 135 Å². The molecule has 0 radical (unpaired) electrons. The topological polar surface area (TPSA) is 89.8 Å². The minimum atomic E-state index is -1.16. The van der Waals surface area contributed by atoms with Crippen LogP contribution >= 0.6 is 0 Å². The van der Waals surface area contributed by atoms with Crippen LogP contribution in [0, 0.1) is 0 Å². The first-order chi connectivity index (χ1) is 22.6. The Bertz CT molecular complexity index is 679. The maximum absolute atomic E-state index is 12.4. The van der Waals surface area contributed by atoms with E-state index in [-0.39, 0.29) is 12.5 Å². The van der Waals surface area contributed by atoms with Gasteiger partial charge in [-0.05, 0) is 51.4 Å². The van der Waals surface area contributed by atoms with E-state index in [0.717, 1.165) is 44.9 Å². The Hall–Kier alpha value is -1.17. The van der Waals surface area contributed by atoms with Crippen molar-refractivity contribution >= 4 is 5.91 Å². The minimum absolute atomic E-state index is 0.157. The average Bonchev–Trinajstić information content (AvgIpc) is 3.06. The number of aliphatic hydroxyl groups is 3. The standard InChI is InChI=1S/C41H79NO4/c1-3-5-7-9-11-13-15-17-19-20-21-22-24-26-28-30-32-34-36-40(45)42-38(37-43)41(46)39(44)35-33-31-29-27-25-23-18-16-14-12-10-8-6-4-2/h16,18,27,29,38-39,41,43-44,46H,3-15,17,19-26,28,30-37H2,1-2H3,(H,42,45)/b18-16+,29-27+. The van der Waals surface area contributed by atoms with E-state index >= 15 is 0 Å². The summed E-state index contributed by atoms with van der Waals surface area (Å²) in [5.41, 5.74) is 0. The van der Waals surface area contributed by atoms with Gasteiger partial charge in [-0.3, -0.25) is 4.79 Å². The summed E-state index contributed by atoms with van der Waals surface area (Å²) in [5.74, 6) is -0.157. The third kappa shape index (κ3) is 31.4. The first-order valence-electron chi connectivity index (χ1n) is 20.1. The normalized spacial score (nSPS) is 13.9. The van der Waals surface area contributed by atoms with Gasteiger partial charge in [0.1, 0.15) is 6.10 Å². The van der Waals surface area contributed by atoms with Gasteiger partial charge in [-0.25, -0.2) is 0 Å². The molecule has 0 bridgehead atoms. The van der Waals surface area contributed by atoms with E-state index in [1.54, 1.807) is 0 Å². The number of hydrogen-bond acceptors (Lipinski definition) is 4. The van der Waals surface area contributed by atoms with Crippen LogP contribution in [0.3, 0.4) is 0 Å². The maximum atomic E-state index is 12.4. The van der Waals surface area contributed by atoms with Gasteiger partial charge in [-0.2, -0.15) is 0 Å². The molecule has 0 aromatic heterocycles. The molecule has 3 unspecified atom stereocenters. The van der Waals surface area contributed by atoms with Gasteiger partial charge in [0.25, 0.3) is 0 Å². The molecule has 3 atom stereocenters. The Labute approximate surface area is 286 Å². The van der Waals surface area contributed by atoms with Crippen LogP contribution in [-0.4, -0.2) is 46.1 Å². The zero-order valence-corrected chi connectivity index (χ0v) is 30.7. The first-order valence-corrected chi connectivity index (χ1v) is 20.1. The summed E-state index contributed by atoms with van der Waals surface area (Å²) in [7, 11) is 0. The fraction of sp³-hybridized carbons (Fsp3) is 0.878. The molecule has 0 rings (SSSR count). The molecular weight excluding hydrogens is 570 g/mol. The number of carbonyl (C=O) groups excluding carboxylic acids is 1. The maximum Gasteiger partial charge on any atom is 0.220 e. The highest BCUT2D eigenvalue weighted by Crippen LogP contribution is 2.15. The lowest BCUT2D eigenvalue weighted by Crippen LogP contribution is -2.50. The van der Waals surface area contributed by atoms with Crippen LogP contribution in [-0.2, 0) is 4.79 Å². The van der Waals surface area contributed by atoms with E-state index in [1.807, 2.05) is 0 Å². The van der Waals surface area contributed by atoms with Crippen molar-refractivity contribution in [3.05, 3.63) is 24.3 Å². The zero-order valence-electron chi connectivity index (χ0n) is 30.7. The van der Waals surface area contributed by atoms with E-state index in [4.69, 9.17) is 0 Å². The first kappa shape index (κ1) is 44.8. The lowest BCUT2D eigenvalue weighted by molar-refractivity contribution is -0.124. The molecule has 0 aromatic rings. The Morgan fingerprint density at radius 1 is 0.522 bits per heavy atom. The fourth-order valence-electron chi connectivity index (χ4n) is 6.12. The van der Waals surface area contributed by atoms with Crippen molar-refractivity contribution in [3.8, 4) is 0 Å². The van der Waals surface area contributed by atoms with Gasteiger partial charge < -0.3 is 20.6 Å². The number of allylic oxidation sites excluding steroid dienone is 4. The van der Waals surface area contributed by atoms with Gasteiger partial charge in [0.05, 0.1) is 18.8 Å². The molecule has 5 heteroatoms. The molecular formula is C41H79NO4. The average molecular weight is 650 g/mol. The van der Waals surface area contributed by atoms with Crippen LogP contribution in [0.4, 0.5) is 0 Å². The quantitative estimate of drug-likeness (QED) is 0.0401. The van der Waals surface area contributed by atoms with Gasteiger partial charge in [-0.15, -0.1) is 0 Å². The van der Waals surface area contributed by atoms with Crippen molar-refractivity contribution in [2.24, 2.45) is 0 Å². The van der Waals surface area contributed by atoms with Gasteiger partial charge in [0, 0.05) is 6.42 Å². The number of rotatable bonds is 36. The molecule has 0 saturated heterocycles. The predicted molar refractivity (Wildman–Crippen MR) is 199 cm³/mol. The molecule has 4 N–H and O–H groups in total. The summed E-state index contributed by atoms with van der Waals surface area (Å²) in [6.07, 6.45) is 42.8. The number of unbranched alkanes of at least 4 members (excludes halogenated alkanes) is 24. The SMILES string of the molecule is CCCCCCC/C=C/CC/C=C/CCCC(O)C(O)C(CO)NC(=O)CCCCCCCCCCCCCCCCCCCC.